The minimum absolute atomic E-state index is 0. The number of hydrogen-bond donors (Lipinski definition) is 1. The van der Waals surface area contributed by atoms with Gasteiger partial charge in [0.15, 0.2) is 5.13 Å². The zero-order valence-electron chi connectivity index (χ0n) is 13.1. The molecule has 2 N–H and O–H groups in total. The molecule has 0 spiro atoms. The van der Waals surface area contributed by atoms with Crippen molar-refractivity contribution in [2.24, 2.45) is 5.92 Å². The van der Waals surface area contributed by atoms with Gasteiger partial charge >= 0.3 is 0 Å². The van der Waals surface area contributed by atoms with Gasteiger partial charge < -0.3 is 10.6 Å². The van der Waals surface area contributed by atoms with Gasteiger partial charge in [0, 0.05) is 37.3 Å². The Morgan fingerprint density at radius 1 is 1.20 bits per heavy atom. The van der Waals surface area contributed by atoms with Gasteiger partial charge in [0.1, 0.15) is 0 Å². The summed E-state index contributed by atoms with van der Waals surface area (Å²) in [5.41, 5.74) is 5.70. The van der Waals surface area contributed by atoms with E-state index in [1.807, 2.05) is 6.20 Å². The molecule has 118 valence electrons. The van der Waals surface area contributed by atoms with Gasteiger partial charge in [-0.25, -0.2) is 4.98 Å². The van der Waals surface area contributed by atoms with E-state index in [0.717, 1.165) is 39.3 Å². The van der Waals surface area contributed by atoms with E-state index in [4.69, 9.17) is 5.73 Å². The van der Waals surface area contributed by atoms with E-state index in [9.17, 15) is 0 Å². The fraction of sp³-hybridized carbons (Fsp3) is 0.786. The van der Waals surface area contributed by atoms with E-state index in [2.05, 4.69) is 42.5 Å². The van der Waals surface area contributed by atoms with Crippen molar-refractivity contribution >= 4 is 28.9 Å². The maximum absolute atomic E-state index is 5.70. The van der Waals surface area contributed by atoms with E-state index in [1.165, 1.54) is 4.88 Å². The smallest absolute Gasteiger partial charge is 0.180 e. The van der Waals surface area contributed by atoms with Gasteiger partial charge in [-0.2, -0.15) is 0 Å². The van der Waals surface area contributed by atoms with E-state index in [0.29, 0.717) is 11.0 Å². The third kappa shape index (κ3) is 7.43. The van der Waals surface area contributed by atoms with Gasteiger partial charge in [-0.1, -0.05) is 27.7 Å². The predicted molar refractivity (Wildman–Crippen MR) is 91.7 cm³/mol. The fourth-order valence-electron chi connectivity index (χ4n) is 2.19. The number of halogens is 1. The summed E-state index contributed by atoms with van der Waals surface area (Å²) in [5.74, 6) is 0.682. The van der Waals surface area contributed by atoms with Gasteiger partial charge in [-0.15, -0.1) is 23.7 Å². The Bertz CT molecular complexity index is 353. The standard InChI is InChI=1S/C14H28N4S.ClH/c1-5-17(6-2)7-8-18(10-12(3)4)11-13-9-16-14(15)19-13;/h9,12H,5-8,10-11H2,1-4H3,(H2,15,16);1H. The second-order valence-electron chi connectivity index (χ2n) is 5.32. The highest BCUT2D eigenvalue weighted by Gasteiger charge is 2.11. The van der Waals surface area contributed by atoms with Gasteiger partial charge in [-0.05, 0) is 19.0 Å². The maximum Gasteiger partial charge on any atom is 0.180 e. The third-order valence-electron chi connectivity index (χ3n) is 3.20. The van der Waals surface area contributed by atoms with E-state index in [-0.39, 0.29) is 12.4 Å². The lowest BCUT2D eigenvalue weighted by Crippen LogP contribution is -2.36. The molecule has 0 unspecified atom stereocenters. The largest absolute Gasteiger partial charge is 0.375 e. The first-order chi connectivity index (χ1) is 9.05. The molecule has 0 amide bonds. The Hall–Kier alpha value is -0.360. The highest BCUT2D eigenvalue weighted by Crippen LogP contribution is 2.17. The summed E-state index contributed by atoms with van der Waals surface area (Å²) in [6.07, 6.45) is 1.91. The van der Waals surface area contributed by atoms with Crippen LogP contribution in [0.1, 0.15) is 32.6 Å². The molecule has 0 bridgehead atoms. The molecule has 1 aromatic rings. The summed E-state index contributed by atoms with van der Waals surface area (Å²) >= 11 is 1.60. The molecule has 0 saturated heterocycles. The maximum atomic E-state index is 5.70. The fourth-order valence-corrected chi connectivity index (χ4v) is 2.92. The topological polar surface area (TPSA) is 45.4 Å². The molecule has 0 fully saturated rings. The normalized spacial score (nSPS) is 11.3. The zero-order chi connectivity index (χ0) is 14.3. The second-order valence-corrected chi connectivity index (χ2v) is 6.47. The van der Waals surface area contributed by atoms with Crippen LogP contribution in [0.15, 0.2) is 6.20 Å². The molecule has 0 radical (unpaired) electrons. The summed E-state index contributed by atoms with van der Waals surface area (Å²) < 4.78 is 0. The lowest BCUT2D eigenvalue weighted by Gasteiger charge is -2.27. The summed E-state index contributed by atoms with van der Waals surface area (Å²) in [7, 11) is 0. The molecule has 6 heteroatoms. The van der Waals surface area contributed by atoms with Crippen LogP contribution in [-0.4, -0.2) is 47.5 Å². The van der Waals surface area contributed by atoms with E-state index >= 15 is 0 Å². The van der Waals surface area contributed by atoms with Crippen molar-refractivity contribution in [1.82, 2.24) is 14.8 Å². The Labute approximate surface area is 133 Å². The first-order valence-corrected chi connectivity index (χ1v) is 8.01. The molecular weight excluding hydrogens is 292 g/mol. The zero-order valence-corrected chi connectivity index (χ0v) is 14.8. The van der Waals surface area contributed by atoms with Crippen LogP contribution in [-0.2, 0) is 6.54 Å². The number of aromatic nitrogens is 1. The summed E-state index contributed by atoms with van der Waals surface area (Å²) in [4.78, 5) is 10.4. The molecule has 20 heavy (non-hydrogen) atoms. The Morgan fingerprint density at radius 2 is 1.80 bits per heavy atom. The number of hydrogen-bond acceptors (Lipinski definition) is 5. The molecular formula is C14H29ClN4S. The Morgan fingerprint density at radius 3 is 2.25 bits per heavy atom. The lowest BCUT2D eigenvalue weighted by molar-refractivity contribution is 0.193. The molecule has 4 nitrogen and oxygen atoms in total. The van der Waals surface area contributed by atoms with Crippen molar-refractivity contribution in [2.45, 2.75) is 34.2 Å². The van der Waals surface area contributed by atoms with Crippen molar-refractivity contribution in [3.63, 3.8) is 0 Å². The van der Waals surface area contributed by atoms with Crippen LogP contribution < -0.4 is 5.73 Å². The van der Waals surface area contributed by atoms with Crippen LogP contribution in [0.4, 0.5) is 5.13 Å². The van der Waals surface area contributed by atoms with Crippen LogP contribution in [0.2, 0.25) is 0 Å². The quantitative estimate of drug-likeness (QED) is 0.760. The first-order valence-electron chi connectivity index (χ1n) is 7.20. The highest BCUT2D eigenvalue weighted by atomic mass is 35.5. The van der Waals surface area contributed by atoms with Crippen molar-refractivity contribution in [2.75, 3.05) is 38.5 Å². The van der Waals surface area contributed by atoms with Gasteiger partial charge in [0.05, 0.1) is 0 Å². The SMILES string of the molecule is CCN(CC)CCN(Cc1cnc(N)s1)CC(C)C.Cl. The predicted octanol–water partition coefficient (Wildman–Crippen LogP) is 2.95. The number of rotatable bonds is 9. The molecule has 0 aliphatic carbocycles. The van der Waals surface area contributed by atoms with Gasteiger partial charge in [-0.3, -0.25) is 4.90 Å². The number of thiazole rings is 1. The molecule has 0 atom stereocenters. The van der Waals surface area contributed by atoms with Crippen LogP contribution in [0, 0.1) is 5.92 Å². The lowest BCUT2D eigenvalue weighted by atomic mass is 10.2. The number of nitrogens with two attached hydrogens (primary N) is 1. The Kier molecular flexibility index (Phi) is 10.2. The average Bonchev–Trinajstić information content (AvgIpc) is 2.75. The third-order valence-corrected chi connectivity index (χ3v) is 4.01. The Balaban J connectivity index is 0.00000361. The molecule has 1 aromatic heterocycles. The van der Waals surface area contributed by atoms with Crippen LogP contribution in [0.3, 0.4) is 0 Å². The van der Waals surface area contributed by atoms with Crippen molar-refractivity contribution < 1.29 is 0 Å². The number of nitrogens with zero attached hydrogens (tertiary/aromatic N) is 3. The van der Waals surface area contributed by atoms with Crippen molar-refractivity contribution in [3.05, 3.63) is 11.1 Å². The van der Waals surface area contributed by atoms with Crippen molar-refractivity contribution in [3.8, 4) is 0 Å². The van der Waals surface area contributed by atoms with E-state index in [1.54, 1.807) is 11.3 Å². The first kappa shape index (κ1) is 19.6. The van der Waals surface area contributed by atoms with Crippen LogP contribution >= 0.6 is 23.7 Å². The summed E-state index contributed by atoms with van der Waals surface area (Å²) in [6, 6.07) is 0. The summed E-state index contributed by atoms with van der Waals surface area (Å²) in [5, 5.41) is 0.670. The molecule has 0 aliphatic rings. The van der Waals surface area contributed by atoms with Gasteiger partial charge in [0.25, 0.3) is 0 Å². The number of likely N-dealkylation sites (N-methyl/N-ethyl adjacent to an activating group) is 1. The average molecular weight is 321 g/mol. The molecule has 1 heterocycles. The summed E-state index contributed by atoms with van der Waals surface area (Å²) in [6.45, 7) is 15.6. The minimum atomic E-state index is 0. The molecule has 1 rings (SSSR count). The van der Waals surface area contributed by atoms with Gasteiger partial charge in [0.2, 0.25) is 0 Å². The number of anilines is 1. The number of nitrogen functional groups attached to an aromatic ring is 1. The molecule has 0 aromatic carbocycles. The molecule has 0 saturated carbocycles. The second kappa shape index (κ2) is 10.4. The minimum Gasteiger partial charge on any atom is -0.375 e. The molecule has 0 aliphatic heterocycles. The van der Waals surface area contributed by atoms with Crippen LogP contribution in [0.5, 0.6) is 0 Å². The van der Waals surface area contributed by atoms with Crippen molar-refractivity contribution in [1.29, 1.82) is 0 Å². The van der Waals surface area contributed by atoms with Crippen LogP contribution in [0.25, 0.3) is 0 Å². The monoisotopic (exact) mass is 320 g/mol. The highest BCUT2D eigenvalue weighted by molar-refractivity contribution is 7.15. The van der Waals surface area contributed by atoms with E-state index < -0.39 is 0 Å².